The Labute approximate surface area is 104 Å². The molecule has 16 heavy (non-hydrogen) atoms. The van der Waals surface area contributed by atoms with E-state index in [1.807, 2.05) is 10.3 Å². The Morgan fingerprint density at radius 1 is 1.56 bits per heavy atom. The number of hydrogen-bond acceptors (Lipinski definition) is 3. The summed E-state index contributed by atoms with van der Waals surface area (Å²) in [5.41, 5.74) is 0. The summed E-state index contributed by atoms with van der Waals surface area (Å²) in [6.45, 7) is 1.67. The monoisotopic (exact) mass is 259 g/mol. The zero-order chi connectivity index (χ0) is 11.5. The summed E-state index contributed by atoms with van der Waals surface area (Å²) in [4.78, 5) is 14.5. The zero-order valence-electron chi connectivity index (χ0n) is 8.86. The van der Waals surface area contributed by atoms with Crippen LogP contribution < -0.4 is 0 Å². The first-order valence-electron chi connectivity index (χ1n) is 5.35. The van der Waals surface area contributed by atoms with Crippen LogP contribution in [0.15, 0.2) is 11.4 Å². The molecule has 1 aliphatic rings. The van der Waals surface area contributed by atoms with E-state index in [1.54, 1.807) is 6.07 Å². The van der Waals surface area contributed by atoms with Gasteiger partial charge in [-0.15, -0.1) is 11.3 Å². The lowest BCUT2D eigenvalue weighted by Gasteiger charge is -2.30. The van der Waals surface area contributed by atoms with E-state index >= 15 is 0 Å². The number of thiophene rings is 1. The Morgan fingerprint density at radius 2 is 2.25 bits per heavy atom. The van der Waals surface area contributed by atoms with Gasteiger partial charge >= 0.3 is 0 Å². The molecule has 0 radical (unpaired) electrons. The highest BCUT2D eigenvalue weighted by atomic mass is 35.5. The van der Waals surface area contributed by atoms with Gasteiger partial charge in [0, 0.05) is 19.7 Å². The minimum absolute atomic E-state index is 0.0244. The van der Waals surface area contributed by atoms with E-state index in [1.165, 1.54) is 11.3 Å². The van der Waals surface area contributed by atoms with E-state index < -0.39 is 0 Å². The zero-order valence-corrected chi connectivity index (χ0v) is 10.4. The topological polar surface area (TPSA) is 40.5 Å². The number of amides is 1. The van der Waals surface area contributed by atoms with Gasteiger partial charge in [0.05, 0.1) is 5.02 Å². The highest BCUT2D eigenvalue weighted by Crippen LogP contribution is 2.26. The molecule has 0 aromatic carbocycles. The summed E-state index contributed by atoms with van der Waals surface area (Å²) in [5, 5.41) is 11.4. The van der Waals surface area contributed by atoms with Gasteiger partial charge in [0.15, 0.2) is 0 Å². The minimum Gasteiger partial charge on any atom is -0.396 e. The number of halogens is 1. The molecule has 0 spiro atoms. The number of aliphatic hydroxyl groups is 1. The van der Waals surface area contributed by atoms with Crippen molar-refractivity contribution in [1.29, 1.82) is 0 Å². The Kier molecular flexibility index (Phi) is 3.84. The standard InChI is InChI=1S/C11H14ClNO2S/c12-9-3-6-16-10(9)11(15)13-4-1-8(7-14)2-5-13/h3,6,8,14H,1-2,4-5,7H2. The number of carbonyl (C=O) groups excluding carboxylic acids is 1. The summed E-state index contributed by atoms with van der Waals surface area (Å²) in [6, 6.07) is 1.75. The molecule has 1 aliphatic heterocycles. The van der Waals surface area contributed by atoms with Crippen molar-refractivity contribution in [1.82, 2.24) is 4.90 Å². The largest absolute Gasteiger partial charge is 0.396 e. The number of rotatable bonds is 2. The predicted octanol–water partition coefficient (Wildman–Crippen LogP) is 2.25. The Hall–Kier alpha value is -0.580. The third-order valence-corrected chi connectivity index (χ3v) is 4.30. The van der Waals surface area contributed by atoms with Crippen LogP contribution in [0.4, 0.5) is 0 Å². The number of piperidine rings is 1. The van der Waals surface area contributed by atoms with Crippen LogP contribution in [0.2, 0.25) is 5.02 Å². The Balaban J connectivity index is 2.00. The molecule has 0 unspecified atom stereocenters. The number of carbonyl (C=O) groups is 1. The lowest BCUT2D eigenvalue weighted by molar-refractivity contribution is 0.0656. The van der Waals surface area contributed by atoms with Gasteiger partial charge in [-0.1, -0.05) is 11.6 Å². The number of hydrogen-bond donors (Lipinski definition) is 1. The van der Waals surface area contributed by atoms with Crippen molar-refractivity contribution in [2.24, 2.45) is 5.92 Å². The first-order chi connectivity index (χ1) is 7.72. The molecule has 1 amide bonds. The molecular formula is C11H14ClNO2S. The van der Waals surface area contributed by atoms with Gasteiger partial charge in [-0.2, -0.15) is 0 Å². The molecular weight excluding hydrogens is 246 g/mol. The summed E-state index contributed by atoms with van der Waals surface area (Å²) in [7, 11) is 0. The molecule has 3 nitrogen and oxygen atoms in total. The quantitative estimate of drug-likeness (QED) is 0.885. The second-order valence-electron chi connectivity index (χ2n) is 4.02. The van der Waals surface area contributed by atoms with Crippen molar-refractivity contribution < 1.29 is 9.90 Å². The third-order valence-electron chi connectivity index (χ3n) is 2.97. The Bertz CT molecular complexity index is 372. The second-order valence-corrected chi connectivity index (χ2v) is 5.34. The maximum Gasteiger partial charge on any atom is 0.265 e. The normalized spacial score (nSPS) is 17.8. The van der Waals surface area contributed by atoms with Crippen LogP contribution in [0.5, 0.6) is 0 Å². The highest BCUT2D eigenvalue weighted by Gasteiger charge is 2.24. The molecule has 88 valence electrons. The molecule has 1 fully saturated rings. The number of likely N-dealkylation sites (tertiary alicyclic amines) is 1. The first-order valence-corrected chi connectivity index (χ1v) is 6.61. The fraction of sp³-hybridized carbons (Fsp3) is 0.545. The summed E-state index contributed by atoms with van der Waals surface area (Å²) < 4.78 is 0. The summed E-state index contributed by atoms with van der Waals surface area (Å²) >= 11 is 7.32. The van der Waals surface area contributed by atoms with Crippen molar-refractivity contribution in [3.63, 3.8) is 0 Å². The molecule has 0 atom stereocenters. The van der Waals surface area contributed by atoms with Crippen LogP contribution in [0.25, 0.3) is 0 Å². The molecule has 1 N–H and O–H groups in total. The average Bonchev–Trinajstić information content (AvgIpc) is 2.75. The first kappa shape index (κ1) is 11.9. The number of aliphatic hydroxyl groups excluding tert-OH is 1. The third kappa shape index (κ3) is 2.39. The molecule has 2 heterocycles. The van der Waals surface area contributed by atoms with Gasteiger partial charge in [-0.25, -0.2) is 0 Å². The average molecular weight is 260 g/mol. The van der Waals surface area contributed by atoms with E-state index in [4.69, 9.17) is 16.7 Å². The van der Waals surface area contributed by atoms with E-state index in [9.17, 15) is 4.79 Å². The van der Waals surface area contributed by atoms with Crippen molar-refractivity contribution >= 4 is 28.8 Å². The van der Waals surface area contributed by atoms with Crippen LogP contribution in [0, 0.1) is 5.92 Å². The van der Waals surface area contributed by atoms with Crippen LogP contribution in [-0.4, -0.2) is 35.6 Å². The molecule has 1 saturated heterocycles. The fourth-order valence-electron chi connectivity index (χ4n) is 1.91. The molecule has 1 aromatic heterocycles. The van der Waals surface area contributed by atoms with Gasteiger partial charge < -0.3 is 10.0 Å². The van der Waals surface area contributed by atoms with Crippen LogP contribution in [-0.2, 0) is 0 Å². The van der Waals surface area contributed by atoms with Gasteiger partial charge in [0.1, 0.15) is 4.88 Å². The van der Waals surface area contributed by atoms with Gasteiger partial charge in [-0.3, -0.25) is 4.79 Å². The smallest absolute Gasteiger partial charge is 0.265 e. The van der Waals surface area contributed by atoms with Crippen LogP contribution in [0.1, 0.15) is 22.5 Å². The summed E-state index contributed by atoms with van der Waals surface area (Å²) in [5.74, 6) is 0.374. The molecule has 0 bridgehead atoms. The lowest BCUT2D eigenvalue weighted by Crippen LogP contribution is -2.38. The van der Waals surface area contributed by atoms with Gasteiger partial charge in [-0.05, 0) is 30.2 Å². The summed E-state index contributed by atoms with van der Waals surface area (Å²) in [6.07, 6.45) is 1.76. The molecule has 5 heteroatoms. The van der Waals surface area contributed by atoms with Crippen molar-refractivity contribution in [3.05, 3.63) is 21.3 Å². The molecule has 1 aromatic rings. The molecule has 0 saturated carbocycles. The number of nitrogens with zero attached hydrogens (tertiary/aromatic N) is 1. The van der Waals surface area contributed by atoms with Crippen LogP contribution >= 0.6 is 22.9 Å². The predicted molar refractivity (Wildman–Crippen MR) is 65.0 cm³/mol. The lowest BCUT2D eigenvalue weighted by atomic mass is 9.98. The SMILES string of the molecule is O=C(c1sccc1Cl)N1CCC(CO)CC1. The van der Waals surface area contributed by atoms with E-state index in [2.05, 4.69) is 0 Å². The van der Waals surface area contributed by atoms with Crippen LogP contribution in [0.3, 0.4) is 0 Å². The van der Waals surface area contributed by atoms with Gasteiger partial charge in [0.25, 0.3) is 5.91 Å². The fourth-order valence-corrected chi connectivity index (χ4v) is 3.01. The van der Waals surface area contributed by atoms with Crippen molar-refractivity contribution in [2.45, 2.75) is 12.8 Å². The molecule has 0 aliphatic carbocycles. The highest BCUT2D eigenvalue weighted by molar-refractivity contribution is 7.12. The van der Waals surface area contributed by atoms with E-state index in [0.29, 0.717) is 15.8 Å². The van der Waals surface area contributed by atoms with Crippen molar-refractivity contribution in [3.8, 4) is 0 Å². The second kappa shape index (κ2) is 5.17. The van der Waals surface area contributed by atoms with E-state index in [-0.39, 0.29) is 12.5 Å². The maximum absolute atomic E-state index is 12.1. The minimum atomic E-state index is 0.0244. The van der Waals surface area contributed by atoms with Gasteiger partial charge in [0.2, 0.25) is 0 Å². The Morgan fingerprint density at radius 3 is 2.75 bits per heavy atom. The van der Waals surface area contributed by atoms with E-state index in [0.717, 1.165) is 25.9 Å². The maximum atomic E-state index is 12.1. The molecule has 2 rings (SSSR count). The van der Waals surface area contributed by atoms with Crippen molar-refractivity contribution in [2.75, 3.05) is 19.7 Å².